The Labute approximate surface area is 156 Å². The molecule has 140 valence electrons. The zero-order valence-corrected chi connectivity index (χ0v) is 14.7. The topological polar surface area (TPSA) is 64.0 Å². The Morgan fingerprint density at radius 1 is 1.22 bits per heavy atom. The highest BCUT2D eigenvalue weighted by Gasteiger charge is 2.31. The third-order valence-electron chi connectivity index (χ3n) is 4.04. The second-order valence-electron chi connectivity index (χ2n) is 5.83. The zero-order valence-electron chi connectivity index (χ0n) is 13.9. The van der Waals surface area contributed by atoms with Crippen LogP contribution in [0.4, 0.5) is 18.9 Å². The number of hydrogen-bond acceptors (Lipinski definition) is 3. The maximum atomic E-state index is 12.9. The van der Waals surface area contributed by atoms with E-state index in [1.807, 2.05) is 0 Å². The van der Waals surface area contributed by atoms with Crippen molar-refractivity contribution in [2.24, 2.45) is 0 Å². The number of aromatic nitrogens is 2. The summed E-state index contributed by atoms with van der Waals surface area (Å²) in [5.41, 5.74) is -1.09. The number of nitrogens with one attached hydrogen (secondary N) is 1. The molecule has 27 heavy (non-hydrogen) atoms. The van der Waals surface area contributed by atoms with E-state index in [1.165, 1.54) is 13.3 Å². The minimum Gasteiger partial charge on any atom is -0.323 e. The van der Waals surface area contributed by atoms with E-state index in [4.69, 9.17) is 11.6 Å². The fourth-order valence-electron chi connectivity index (χ4n) is 2.52. The maximum Gasteiger partial charge on any atom is 0.416 e. The van der Waals surface area contributed by atoms with E-state index in [2.05, 4.69) is 10.3 Å². The molecule has 1 heterocycles. The first-order valence-corrected chi connectivity index (χ1v) is 8.20. The molecule has 3 rings (SSSR count). The van der Waals surface area contributed by atoms with Crippen LogP contribution in [0.5, 0.6) is 0 Å². The van der Waals surface area contributed by atoms with Crippen molar-refractivity contribution >= 4 is 34.1 Å². The van der Waals surface area contributed by atoms with Gasteiger partial charge in [-0.2, -0.15) is 13.2 Å². The van der Waals surface area contributed by atoms with Gasteiger partial charge in [-0.05, 0) is 37.3 Å². The Morgan fingerprint density at radius 3 is 2.63 bits per heavy atom. The number of para-hydroxylation sites is 1. The number of anilines is 1. The van der Waals surface area contributed by atoms with Crippen molar-refractivity contribution in [2.75, 3.05) is 5.32 Å². The van der Waals surface area contributed by atoms with Crippen LogP contribution in [0.3, 0.4) is 0 Å². The van der Waals surface area contributed by atoms with Gasteiger partial charge in [0.15, 0.2) is 0 Å². The van der Waals surface area contributed by atoms with Crippen molar-refractivity contribution in [3.63, 3.8) is 0 Å². The van der Waals surface area contributed by atoms with Gasteiger partial charge < -0.3 is 5.32 Å². The van der Waals surface area contributed by atoms with E-state index in [0.717, 1.165) is 22.8 Å². The van der Waals surface area contributed by atoms with Crippen molar-refractivity contribution in [3.05, 3.63) is 69.7 Å². The van der Waals surface area contributed by atoms with Crippen LogP contribution in [0.2, 0.25) is 5.02 Å². The van der Waals surface area contributed by atoms with Gasteiger partial charge in [0.25, 0.3) is 5.56 Å². The summed E-state index contributed by atoms with van der Waals surface area (Å²) in [5.74, 6) is -0.699. The average molecular weight is 396 g/mol. The molecule has 1 amide bonds. The third-order valence-corrected chi connectivity index (χ3v) is 4.37. The van der Waals surface area contributed by atoms with E-state index in [9.17, 15) is 22.8 Å². The van der Waals surface area contributed by atoms with Crippen LogP contribution in [-0.4, -0.2) is 15.5 Å². The number of alkyl halides is 3. The van der Waals surface area contributed by atoms with E-state index in [-0.39, 0.29) is 10.7 Å². The first kappa shape index (κ1) is 18.9. The number of halogens is 4. The summed E-state index contributed by atoms with van der Waals surface area (Å²) in [4.78, 5) is 29.1. The number of amides is 1. The normalized spacial score (nSPS) is 12.8. The van der Waals surface area contributed by atoms with Gasteiger partial charge in [0.05, 0.1) is 33.5 Å². The highest BCUT2D eigenvalue weighted by atomic mass is 35.5. The summed E-state index contributed by atoms with van der Waals surface area (Å²) in [7, 11) is 0. The average Bonchev–Trinajstić information content (AvgIpc) is 2.62. The first-order valence-electron chi connectivity index (χ1n) is 7.82. The first-order chi connectivity index (χ1) is 12.7. The lowest BCUT2D eigenvalue weighted by Crippen LogP contribution is -2.32. The number of hydrogen-bond donors (Lipinski definition) is 1. The maximum absolute atomic E-state index is 12.9. The molecule has 3 aromatic rings. The molecule has 0 aliphatic carbocycles. The second-order valence-corrected chi connectivity index (χ2v) is 6.24. The Balaban J connectivity index is 1.91. The standard InChI is InChI=1S/C18H13ClF3N3O2/c1-10(25-9-23-14-5-3-2-4-12(14)17(25)27)16(26)24-15-8-11(18(20,21)22)6-7-13(15)19/h2-10H,1H3,(H,24,26). The van der Waals surface area contributed by atoms with Crippen LogP contribution in [0.15, 0.2) is 53.6 Å². The lowest BCUT2D eigenvalue weighted by atomic mass is 10.2. The molecule has 0 saturated carbocycles. The third kappa shape index (κ3) is 3.80. The van der Waals surface area contributed by atoms with E-state index >= 15 is 0 Å². The quantitative estimate of drug-likeness (QED) is 0.720. The van der Waals surface area contributed by atoms with Crippen LogP contribution in [0, 0.1) is 0 Å². The van der Waals surface area contributed by atoms with Crippen molar-refractivity contribution in [1.29, 1.82) is 0 Å². The smallest absolute Gasteiger partial charge is 0.323 e. The summed E-state index contributed by atoms with van der Waals surface area (Å²) < 4.78 is 39.7. The lowest BCUT2D eigenvalue weighted by Gasteiger charge is -2.17. The molecular weight excluding hydrogens is 383 g/mol. The molecular formula is C18H13ClF3N3O2. The van der Waals surface area contributed by atoms with Gasteiger partial charge in [-0.15, -0.1) is 0 Å². The van der Waals surface area contributed by atoms with Gasteiger partial charge >= 0.3 is 6.18 Å². The predicted molar refractivity (Wildman–Crippen MR) is 95.8 cm³/mol. The molecule has 0 aliphatic rings. The number of fused-ring (bicyclic) bond motifs is 1. The summed E-state index contributed by atoms with van der Waals surface area (Å²) in [6.07, 6.45) is -3.35. The molecule has 0 spiro atoms. The number of nitrogens with zero attached hydrogens (tertiary/aromatic N) is 2. The highest BCUT2D eigenvalue weighted by molar-refractivity contribution is 6.33. The molecule has 0 saturated heterocycles. The summed E-state index contributed by atoms with van der Waals surface area (Å²) >= 11 is 5.89. The van der Waals surface area contributed by atoms with E-state index in [1.54, 1.807) is 24.3 Å². The molecule has 5 nitrogen and oxygen atoms in total. The van der Waals surface area contributed by atoms with Crippen LogP contribution < -0.4 is 10.9 Å². The zero-order chi connectivity index (χ0) is 19.8. The van der Waals surface area contributed by atoms with Gasteiger partial charge in [-0.3, -0.25) is 14.2 Å². The van der Waals surface area contributed by atoms with E-state index in [0.29, 0.717) is 10.9 Å². The Bertz CT molecular complexity index is 1080. The molecule has 2 aromatic carbocycles. The summed E-state index contributed by atoms with van der Waals surface area (Å²) in [6, 6.07) is 8.24. The highest BCUT2D eigenvalue weighted by Crippen LogP contribution is 2.34. The monoisotopic (exact) mass is 395 g/mol. The van der Waals surface area contributed by atoms with Crippen LogP contribution in [0.1, 0.15) is 18.5 Å². The van der Waals surface area contributed by atoms with Gasteiger partial charge in [-0.25, -0.2) is 4.98 Å². The lowest BCUT2D eigenvalue weighted by molar-refractivity contribution is -0.137. The van der Waals surface area contributed by atoms with Gasteiger partial charge in [0.1, 0.15) is 6.04 Å². The van der Waals surface area contributed by atoms with Gasteiger partial charge in [0.2, 0.25) is 5.91 Å². The molecule has 1 atom stereocenters. The fourth-order valence-corrected chi connectivity index (χ4v) is 2.68. The predicted octanol–water partition coefficient (Wildman–Crippen LogP) is 4.27. The van der Waals surface area contributed by atoms with Crippen LogP contribution in [0.25, 0.3) is 10.9 Å². The number of carbonyl (C=O) groups excluding carboxylic acids is 1. The SMILES string of the molecule is CC(C(=O)Nc1cc(C(F)(F)F)ccc1Cl)n1cnc2ccccc2c1=O. The Morgan fingerprint density at radius 2 is 1.93 bits per heavy atom. The summed E-state index contributed by atoms with van der Waals surface area (Å²) in [5, 5.41) is 2.62. The fraction of sp³-hybridized carbons (Fsp3) is 0.167. The molecule has 1 aromatic heterocycles. The molecule has 1 unspecified atom stereocenters. The number of carbonyl (C=O) groups is 1. The molecule has 0 fully saturated rings. The Kier molecular flexibility index (Phi) is 4.93. The van der Waals surface area contributed by atoms with Crippen molar-refractivity contribution < 1.29 is 18.0 Å². The Hall–Kier alpha value is -2.87. The molecule has 0 aliphatic heterocycles. The molecule has 9 heteroatoms. The molecule has 0 bridgehead atoms. The largest absolute Gasteiger partial charge is 0.416 e. The van der Waals surface area contributed by atoms with Crippen molar-refractivity contribution in [2.45, 2.75) is 19.1 Å². The van der Waals surface area contributed by atoms with Crippen LogP contribution >= 0.6 is 11.6 Å². The summed E-state index contributed by atoms with van der Waals surface area (Å²) in [6.45, 7) is 1.44. The van der Waals surface area contributed by atoms with Crippen molar-refractivity contribution in [3.8, 4) is 0 Å². The van der Waals surface area contributed by atoms with Gasteiger partial charge in [0, 0.05) is 0 Å². The van der Waals surface area contributed by atoms with Gasteiger partial charge in [-0.1, -0.05) is 23.7 Å². The van der Waals surface area contributed by atoms with Crippen molar-refractivity contribution in [1.82, 2.24) is 9.55 Å². The minimum absolute atomic E-state index is 0.0486. The molecule has 1 N–H and O–H groups in total. The number of rotatable bonds is 3. The number of benzene rings is 2. The van der Waals surface area contributed by atoms with Crippen LogP contribution in [-0.2, 0) is 11.0 Å². The second kappa shape index (κ2) is 7.03. The molecule has 0 radical (unpaired) electrons. The van der Waals surface area contributed by atoms with E-state index < -0.39 is 29.2 Å². The minimum atomic E-state index is -4.57.